The molecule has 1 aliphatic carbocycles. The van der Waals surface area contributed by atoms with E-state index in [0.717, 1.165) is 68.5 Å². The number of benzene rings is 1. The molecule has 1 saturated carbocycles. The summed E-state index contributed by atoms with van der Waals surface area (Å²) in [5, 5.41) is 11.1. The van der Waals surface area contributed by atoms with Crippen molar-refractivity contribution in [2.45, 2.75) is 82.9 Å². The third-order valence-electron chi connectivity index (χ3n) is 8.05. The monoisotopic (exact) mass is 524 g/mol. The van der Waals surface area contributed by atoms with Gasteiger partial charge in [-0.15, -0.1) is 0 Å². The zero-order chi connectivity index (χ0) is 27.0. The summed E-state index contributed by atoms with van der Waals surface area (Å²) in [6, 6.07) is 7.12. The average Bonchev–Trinajstić information content (AvgIpc) is 3.19. The van der Waals surface area contributed by atoms with Gasteiger partial charge in [-0.2, -0.15) is 5.10 Å². The van der Waals surface area contributed by atoms with Crippen molar-refractivity contribution >= 4 is 34.5 Å². The fraction of sp³-hybridized carbons (Fsp3) is 0.643. The van der Waals surface area contributed by atoms with Gasteiger partial charge in [-0.05, 0) is 71.1 Å². The minimum atomic E-state index is -0.474. The van der Waals surface area contributed by atoms with Crippen LogP contribution in [0.1, 0.15) is 70.9 Å². The molecule has 2 aromatic rings. The summed E-state index contributed by atoms with van der Waals surface area (Å²) in [7, 11) is 1.91. The molecular weight excluding hydrogens is 484 g/mol. The lowest BCUT2D eigenvalue weighted by Gasteiger charge is -2.42. The number of carbonyl (C=O) groups excluding carboxylic acids is 3. The van der Waals surface area contributed by atoms with Gasteiger partial charge >= 0.3 is 6.09 Å². The van der Waals surface area contributed by atoms with E-state index in [9.17, 15) is 14.4 Å². The Kier molecular flexibility index (Phi) is 7.35. The molecule has 1 unspecified atom stereocenters. The number of piperazine rings is 1. The zero-order valence-electron chi connectivity index (χ0n) is 23.0. The molecule has 2 N–H and O–H groups in total. The average molecular weight is 525 g/mol. The van der Waals surface area contributed by atoms with Crippen molar-refractivity contribution in [3.05, 3.63) is 23.9 Å². The Balaban J connectivity index is 1.16. The molecule has 0 spiro atoms. The van der Waals surface area contributed by atoms with Crippen LogP contribution in [0.5, 0.6) is 0 Å². The zero-order valence-corrected chi connectivity index (χ0v) is 23.0. The van der Waals surface area contributed by atoms with Crippen molar-refractivity contribution in [2.24, 2.45) is 7.05 Å². The first-order valence-electron chi connectivity index (χ1n) is 13.9. The summed E-state index contributed by atoms with van der Waals surface area (Å²) in [6.45, 7) is 9.60. The van der Waals surface area contributed by atoms with E-state index in [1.165, 1.54) is 5.69 Å². The third kappa shape index (κ3) is 5.80. The van der Waals surface area contributed by atoms with Crippen LogP contribution in [-0.2, 0) is 21.4 Å². The first kappa shape index (κ1) is 26.5. The lowest BCUT2D eigenvalue weighted by Crippen LogP contribution is -2.52. The van der Waals surface area contributed by atoms with E-state index in [0.29, 0.717) is 18.9 Å². The maximum absolute atomic E-state index is 12.4. The van der Waals surface area contributed by atoms with Crippen LogP contribution in [0.3, 0.4) is 0 Å². The molecule has 1 atom stereocenters. The molecule has 10 heteroatoms. The summed E-state index contributed by atoms with van der Waals surface area (Å²) in [5.41, 5.74) is 2.44. The second-order valence-corrected chi connectivity index (χ2v) is 11.9. The number of imide groups is 1. The number of aryl methyl sites for hydroxylation is 1. The van der Waals surface area contributed by atoms with Crippen molar-refractivity contribution in [3.63, 3.8) is 0 Å². The van der Waals surface area contributed by atoms with Crippen LogP contribution < -0.4 is 15.5 Å². The van der Waals surface area contributed by atoms with Gasteiger partial charge in [-0.25, -0.2) is 4.79 Å². The highest BCUT2D eigenvalue weighted by molar-refractivity contribution is 6.02. The van der Waals surface area contributed by atoms with E-state index in [1.807, 2.05) is 32.5 Å². The van der Waals surface area contributed by atoms with E-state index in [2.05, 4.69) is 43.7 Å². The molecule has 5 rings (SSSR count). The highest BCUT2D eigenvalue weighted by atomic mass is 16.6. The van der Waals surface area contributed by atoms with Crippen molar-refractivity contribution in [2.75, 3.05) is 31.1 Å². The van der Waals surface area contributed by atoms with Gasteiger partial charge in [-0.3, -0.25) is 24.5 Å². The summed E-state index contributed by atoms with van der Waals surface area (Å²) >= 11 is 0. The number of amides is 3. The Morgan fingerprint density at radius 2 is 1.76 bits per heavy atom. The molecule has 10 nitrogen and oxygen atoms in total. The van der Waals surface area contributed by atoms with Crippen LogP contribution >= 0.6 is 0 Å². The van der Waals surface area contributed by atoms with Crippen LogP contribution in [0.15, 0.2) is 18.2 Å². The van der Waals surface area contributed by atoms with Crippen LogP contribution in [0.4, 0.5) is 10.5 Å². The third-order valence-corrected chi connectivity index (χ3v) is 8.05. The Bertz CT molecular complexity index is 1200. The maximum Gasteiger partial charge on any atom is 0.407 e. The van der Waals surface area contributed by atoms with E-state index >= 15 is 0 Å². The highest BCUT2D eigenvalue weighted by Gasteiger charge is 2.33. The number of piperidine rings is 1. The van der Waals surface area contributed by atoms with Crippen LogP contribution in [0, 0.1) is 0 Å². The van der Waals surface area contributed by atoms with Gasteiger partial charge in [0.15, 0.2) is 0 Å². The molecule has 38 heavy (non-hydrogen) atoms. The quantitative estimate of drug-likeness (QED) is 0.592. The Morgan fingerprint density at radius 1 is 1.05 bits per heavy atom. The van der Waals surface area contributed by atoms with Gasteiger partial charge in [0.2, 0.25) is 11.8 Å². The number of ether oxygens (including phenoxy) is 1. The van der Waals surface area contributed by atoms with Gasteiger partial charge in [0, 0.05) is 62.8 Å². The number of fused-ring (bicyclic) bond motifs is 1. The molecule has 3 amide bonds. The number of nitrogens with one attached hydrogen (secondary N) is 2. The lowest BCUT2D eigenvalue weighted by atomic mass is 9.90. The Morgan fingerprint density at radius 3 is 2.42 bits per heavy atom. The highest BCUT2D eigenvalue weighted by Crippen LogP contribution is 2.33. The molecule has 1 aromatic heterocycles. The summed E-state index contributed by atoms with van der Waals surface area (Å²) in [4.78, 5) is 41.1. The molecule has 3 aliphatic rings. The number of alkyl carbamates (subject to hydrolysis) is 1. The minimum Gasteiger partial charge on any atom is -0.444 e. The van der Waals surface area contributed by atoms with Gasteiger partial charge in [0.25, 0.3) is 0 Å². The molecule has 0 bridgehead atoms. The Hall–Kier alpha value is -3.14. The normalized spacial score (nSPS) is 25.4. The summed E-state index contributed by atoms with van der Waals surface area (Å²) in [6.07, 6.45) is 4.67. The van der Waals surface area contributed by atoms with Gasteiger partial charge in [0.1, 0.15) is 5.60 Å². The van der Waals surface area contributed by atoms with Crippen LogP contribution in [0.2, 0.25) is 0 Å². The molecule has 3 fully saturated rings. The van der Waals surface area contributed by atoms with E-state index in [4.69, 9.17) is 4.74 Å². The Labute approximate surface area is 224 Å². The van der Waals surface area contributed by atoms with Crippen LogP contribution in [0.25, 0.3) is 10.9 Å². The second-order valence-electron chi connectivity index (χ2n) is 11.9. The van der Waals surface area contributed by atoms with E-state index in [-0.39, 0.29) is 29.9 Å². The topological polar surface area (TPSA) is 109 Å². The van der Waals surface area contributed by atoms with Gasteiger partial charge in [0.05, 0.1) is 17.1 Å². The first-order valence-corrected chi connectivity index (χ1v) is 13.9. The molecule has 0 radical (unpaired) electrons. The van der Waals surface area contributed by atoms with E-state index in [1.54, 1.807) is 0 Å². The lowest BCUT2D eigenvalue weighted by molar-refractivity contribution is -0.134. The van der Waals surface area contributed by atoms with Gasteiger partial charge < -0.3 is 15.0 Å². The predicted molar refractivity (Wildman–Crippen MR) is 145 cm³/mol. The second kappa shape index (κ2) is 10.6. The van der Waals surface area contributed by atoms with E-state index < -0.39 is 5.60 Å². The van der Waals surface area contributed by atoms with Crippen molar-refractivity contribution in [3.8, 4) is 0 Å². The van der Waals surface area contributed by atoms with Crippen molar-refractivity contribution < 1.29 is 19.1 Å². The van der Waals surface area contributed by atoms with Crippen molar-refractivity contribution in [1.82, 2.24) is 25.3 Å². The molecule has 206 valence electrons. The maximum atomic E-state index is 12.4. The summed E-state index contributed by atoms with van der Waals surface area (Å²) < 4.78 is 7.26. The first-order chi connectivity index (χ1) is 18.1. The SMILES string of the molecule is Cn1nc(C2CCC(=O)NC2=O)c2ccc(N3CCN(C4CCC(NC(=O)OC(C)(C)C)CC4)CC3)cc21. The standard InChI is InChI=1S/C28H40N6O4/c1-28(2,3)38-27(37)29-18-5-7-19(8-6-18)33-13-15-34(16-14-33)20-9-10-21-23(17-20)32(4)31-25(21)22-11-12-24(35)30-26(22)36/h9-10,17-19,22H,5-8,11-16H2,1-4H3,(H,29,37)(H,30,35,36). The minimum absolute atomic E-state index is 0.193. The fourth-order valence-electron chi connectivity index (χ4n) is 6.09. The van der Waals surface area contributed by atoms with Gasteiger partial charge in [-0.1, -0.05) is 0 Å². The number of hydrogen-bond acceptors (Lipinski definition) is 7. The smallest absolute Gasteiger partial charge is 0.407 e. The number of rotatable bonds is 4. The number of aromatic nitrogens is 2. The molecule has 3 heterocycles. The number of carbonyl (C=O) groups is 3. The number of anilines is 1. The molecule has 2 saturated heterocycles. The fourth-order valence-corrected chi connectivity index (χ4v) is 6.09. The molecule has 1 aromatic carbocycles. The van der Waals surface area contributed by atoms with Crippen molar-refractivity contribution in [1.29, 1.82) is 0 Å². The molecular formula is C28H40N6O4. The largest absolute Gasteiger partial charge is 0.444 e. The molecule has 2 aliphatic heterocycles. The summed E-state index contributed by atoms with van der Waals surface area (Å²) in [5.74, 6) is -0.852. The van der Waals surface area contributed by atoms with Crippen LogP contribution in [-0.4, -0.2) is 76.5 Å². The number of hydrogen-bond donors (Lipinski definition) is 2. The number of nitrogens with zero attached hydrogens (tertiary/aromatic N) is 4. The predicted octanol–water partition coefficient (Wildman–Crippen LogP) is 3.05.